The maximum atomic E-state index is 14.3. The average Bonchev–Trinajstić information content (AvgIpc) is 3.00. The van der Waals surface area contributed by atoms with Crippen molar-refractivity contribution in [2.24, 2.45) is 4.99 Å². The van der Waals surface area contributed by atoms with E-state index in [1.165, 1.54) is 41.7 Å². The van der Waals surface area contributed by atoms with Gasteiger partial charge in [-0.3, -0.25) is 14.9 Å². The summed E-state index contributed by atoms with van der Waals surface area (Å²) in [6.45, 7) is 3.09. The van der Waals surface area contributed by atoms with Gasteiger partial charge in [0.2, 0.25) is 0 Å². The Morgan fingerprint density at radius 1 is 1.30 bits per heavy atom. The highest BCUT2D eigenvalue weighted by Gasteiger charge is 2.13. The van der Waals surface area contributed by atoms with E-state index in [0.29, 0.717) is 34.8 Å². The van der Waals surface area contributed by atoms with Crippen molar-refractivity contribution < 1.29 is 18.8 Å². The van der Waals surface area contributed by atoms with Gasteiger partial charge in [-0.2, -0.15) is 4.99 Å². The number of carbonyl (C=O) groups excluding carboxylic acids is 1. The minimum atomic E-state index is -0.554. The lowest BCUT2D eigenvalue weighted by atomic mass is 10.2. The number of halogens is 1. The van der Waals surface area contributed by atoms with Gasteiger partial charge in [0.15, 0.2) is 4.80 Å². The van der Waals surface area contributed by atoms with E-state index in [-0.39, 0.29) is 11.3 Å². The fourth-order valence-corrected chi connectivity index (χ4v) is 3.63. The summed E-state index contributed by atoms with van der Waals surface area (Å²) < 4.78 is 21.9. The number of para-hydroxylation sites is 1. The molecule has 3 aromatic rings. The van der Waals surface area contributed by atoms with E-state index in [4.69, 9.17) is 4.74 Å². The summed E-state index contributed by atoms with van der Waals surface area (Å²) in [5, 5.41) is 10.7. The zero-order valence-electron chi connectivity index (χ0n) is 14.4. The van der Waals surface area contributed by atoms with Gasteiger partial charge in [-0.25, -0.2) is 4.39 Å². The topological polar surface area (TPSA) is 86.7 Å². The number of benzene rings is 2. The first kappa shape index (κ1) is 18.9. The normalized spacial score (nSPS) is 11.9. The molecule has 0 saturated carbocycles. The van der Waals surface area contributed by atoms with Crippen LogP contribution in [0.15, 0.2) is 47.5 Å². The summed E-state index contributed by atoms with van der Waals surface area (Å²) in [6, 6.07) is 9.91. The average molecular weight is 389 g/mol. The highest BCUT2D eigenvalue weighted by atomic mass is 32.1. The fourth-order valence-electron chi connectivity index (χ4n) is 2.56. The Kier molecular flexibility index (Phi) is 5.72. The molecule has 0 aliphatic rings. The van der Waals surface area contributed by atoms with Crippen LogP contribution in [0.3, 0.4) is 0 Å². The number of rotatable bonds is 6. The second kappa shape index (κ2) is 8.19. The first-order chi connectivity index (χ1) is 13.0. The van der Waals surface area contributed by atoms with Gasteiger partial charge in [-0.15, -0.1) is 0 Å². The van der Waals surface area contributed by atoms with E-state index in [2.05, 4.69) is 4.99 Å². The van der Waals surface area contributed by atoms with Gasteiger partial charge in [0, 0.05) is 30.8 Å². The molecular weight excluding hydrogens is 373 g/mol. The van der Waals surface area contributed by atoms with Crippen molar-refractivity contribution in [1.82, 2.24) is 4.57 Å². The standard InChI is InChI=1S/C18H16FN3O4S/c1-2-26-11-10-21-16-14(19)4-3-5-15(16)27-18(21)20-17(23)12-6-8-13(9-7-12)22(24)25/h3-9H,2,10-11H2,1H3. The minimum absolute atomic E-state index is 0.109. The Balaban J connectivity index is 2.03. The number of nitro benzene ring substituents is 1. The number of fused-ring (bicyclic) bond motifs is 1. The molecule has 1 aromatic heterocycles. The second-order valence-electron chi connectivity index (χ2n) is 5.54. The highest BCUT2D eigenvalue weighted by molar-refractivity contribution is 7.16. The molecule has 2 aromatic carbocycles. The van der Waals surface area contributed by atoms with Crippen LogP contribution in [0.2, 0.25) is 0 Å². The van der Waals surface area contributed by atoms with Crippen LogP contribution >= 0.6 is 11.3 Å². The van der Waals surface area contributed by atoms with E-state index >= 15 is 0 Å². The number of hydrogen-bond donors (Lipinski definition) is 0. The number of nitrogens with zero attached hydrogens (tertiary/aromatic N) is 3. The van der Waals surface area contributed by atoms with Crippen molar-refractivity contribution in [3.63, 3.8) is 0 Å². The summed E-state index contributed by atoms with van der Waals surface area (Å²) in [5.74, 6) is -0.952. The van der Waals surface area contributed by atoms with Gasteiger partial charge in [-0.05, 0) is 31.2 Å². The summed E-state index contributed by atoms with van der Waals surface area (Å²) in [4.78, 5) is 27.1. The van der Waals surface area contributed by atoms with E-state index in [0.717, 1.165) is 0 Å². The molecule has 0 unspecified atom stereocenters. The Labute approximate surface area is 157 Å². The molecule has 0 bridgehead atoms. The van der Waals surface area contributed by atoms with Gasteiger partial charge in [-0.1, -0.05) is 17.4 Å². The smallest absolute Gasteiger partial charge is 0.279 e. The molecule has 0 fully saturated rings. The first-order valence-electron chi connectivity index (χ1n) is 8.20. The lowest BCUT2D eigenvalue weighted by molar-refractivity contribution is -0.384. The molecule has 0 radical (unpaired) electrons. The number of carbonyl (C=O) groups is 1. The van der Waals surface area contributed by atoms with Crippen LogP contribution in [0.25, 0.3) is 10.2 Å². The number of amides is 1. The predicted molar refractivity (Wildman–Crippen MR) is 99.3 cm³/mol. The van der Waals surface area contributed by atoms with Crippen LogP contribution in [0, 0.1) is 15.9 Å². The van der Waals surface area contributed by atoms with Crippen LogP contribution in [0.5, 0.6) is 0 Å². The van der Waals surface area contributed by atoms with Crippen LogP contribution in [-0.4, -0.2) is 28.6 Å². The molecule has 0 aliphatic carbocycles. The van der Waals surface area contributed by atoms with E-state index in [1.807, 2.05) is 6.92 Å². The summed E-state index contributed by atoms with van der Waals surface area (Å²) in [7, 11) is 0. The Morgan fingerprint density at radius 3 is 2.70 bits per heavy atom. The van der Waals surface area contributed by atoms with Crippen molar-refractivity contribution in [3.8, 4) is 0 Å². The maximum absolute atomic E-state index is 14.3. The van der Waals surface area contributed by atoms with Crippen LogP contribution in [0.4, 0.5) is 10.1 Å². The Morgan fingerprint density at radius 2 is 2.04 bits per heavy atom. The SMILES string of the molecule is CCOCCn1c(=NC(=O)c2ccc([N+](=O)[O-])cc2)sc2cccc(F)c21. The van der Waals surface area contributed by atoms with Crippen molar-refractivity contribution in [3.05, 3.63) is 68.8 Å². The minimum Gasteiger partial charge on any atom is -0.380 e. The third-order valence-electron chi connectivity index (χ3n) is 3.84. The molecule has 0 aliphatic heterocycles. The quantitative estimate of drug-likeness (QED) is 0.367. The third kappa shape index (κ3) is 4.09. The third-order valence-corrected chi connectivity index (χ3v) is 4.88. The monoisotopic (exact) mass is 389 g/mol. The lowest BCUT2D eigenvalue weighted by Gasteiger charge is -2.06. The Bertz CT molecular complexity index is 1060. The number of nitro groups is 1. The van der Waals surface area contributed by atoms with Crippen molar-refractivity contribution in [2.45, 2.75) is 13.5 Å². The van der Waals surface area contributed by atoms with E-state index in [1.54, 1.807) is 16.7 Å². The summed E-state index contributed by atoms with van der Waals surface area (Å²) in [6.07, 6.45) is 0. The molecule has 0 spiro atoms. The van der Waals surface area contributed by atoms with Crippen LogP contribution < -0.4 is 4.80 Å². The zero-order valence-corrected chi connectivity index (χ0v) is 15.2. The fraction of sp³-hybridized carbons (Fsp3) is 0.222. The lowest BCUT2D eigenvalue weighted by Crippen LogP contribution is -2.20. The highest BCUT2D eigenvalue weighted by Crippen LogP contribution is 2.20. The number of aromatic nitrogens is 1. The van der Waals surface area contributed by atoms with Gasteiger partial charge < -0.3 is 9.30 Å². The number of thiazole rings is 1. The molecule has 3 rings (SSSR count). The van der Waals surface area contributed by atoms with Crippen molar-refractivity contribution in [1.29, 1.82) is 0 Å². The largest absolute Gasteiger partial charge is 0.380 e. The molecule has 0 N–H and O–H groups in total. The van der Waals surface area contributed by atoms with Gasteiger partial charge in [0.1, 0.15) is 5.82 Å². The molecule has 1 heterocycles. The Hall–Kier alpha value is -2.91. The van der Waals surface area contributed by atoms with E-state index in [9.17, 15) is 19.3 Å². The molecular formula is C18H16FN3O4S. The number of ether oxygens (including phenoxy) is 1. The maximum Gasteiger partial charge on any atom is 0.279 e. The molecule has 9 heteroatoms. The van der Waals surface area contributed by atoms with Gasteiger partial charge in [0.05, 0.1) is 21.7 Å². The van der Waals surface area contributed by atoms with Gasteiger partial charge >= 0.3 is 0 Å². The molecule has 0 atom stereocenters. The van der Waals surface area contributed by atoms with Crippen molar-refractivity contribution in [2.75, 3.05) is 13.2 Å². The second-order valence-corrected chi connectivity index (χ2v) is 6.55. The summed E-state index contributed by atoms with van der Waals surface area (Å²) in [5.41, 5.74) is 0.481. The number of hydrogen-bond acceptors (Lipinski definition) is 5. The molecule has 140 valence electrons. The van der Waals surface area contributed by atoms with Crippen LogP contribution in [0.1, 0.15) is 17.3 Å². The van der Waals surface area contributed by atoms with Gasteiger partial charge in [0.25, 0.3) is 11.6 Å². The van der Waals surface area contributed by atoms with Crippen LogP contribution in [-0.2, 0) is 11.3 Å². The predicted octanol–water partition coefficient (Wildman–Crippen LogP) is 3.53. The van der Waals surface area contributed by atoms with E-state index < -0.39 is 16.6 Å². The zero-order chi connectivity index (χ0) is 19.4. The first-order valence-corrected chi connectivity index (χ1v) is 9.02. The molecule has 1 amide bonds. The molecule has 7 nitrogen and oxygen atoms in total. The summed E-state index contributed by atoms with van der Waals surface area (Å²) >= 11 is 1.20. The number of non-ortho nitro benzene ring substituents is 1. The molecule has 27 heavy (non-hydrogen) atoms. The van der Waals surface area contributed by atoms with Crippen molar-refractivity contribution >= 4 is 33.1 Å². The molecule has 0 saturated heterocycles.